The Morgan fingerprint density at radius 3 is 2.94 bits per heavy atom. The molecule has 92 valence electrons. The zero-order chi connectivity index (χ0) is 12.4. The van der Waals surface area contributed by atoms with E-state index in [0.717, 1.165) is 35.6 Å². The molecule has 18 heavy (non-hydrogen) atoms. The minimum absolute atomic E-state index is 0.740. The number of hydrogen-bond donors (Lipinski definition) is 2. The van der Waals surface area contributed by atoms with Crippen LogP contribution in [0, 0.1) is 0 Å². The first kappa shape index (κ1) is 11.0. The summed E-state index contributed by atoms with van der Waals surface area (Å²) in [4.78, 5) is 11.7. The average Bonchev–Trinajstić information content (AvgIpc) is 3.00. The van der Waals surface area contributed by atoms with Gasteiger partial charge >= 0.3 is 0 Å². The Balaban J connectivity index is 1.73. The maximum atomic E-state index is 4.61. The van der Waals surface area contributed by atoms with Crippen LogP contribution in [-0.2, 0) is 20.1 Å². The van der Waals surface area contributed by atoms with Gasteiger partial charge in [-0.15, -0.1) is 0 Å². The van der Waals surface area contributed by atoms with Crippen LogP contribution in [-0.4, -0.2) is 19.5 Å². The molecule has 1 aromatic carbocycles. The van der Waals surface area contributed by atoms with E-state index >= 15 is 0 Å². The van der Waals surface area contributed by atoms with Crippen LogP contribution in [0.2, 0.25) is 0 Å². The van der Waals surface area contributed by atoms with Gasteiger partial charge in [0.2, 0.25) is 0 Å². The Morgan fingerprint density at radius 1 is 1.28 bits per heavy atom. The first-order chi connectivity index (χ1) is 8.84. The molecule has 0 unspecified atom stereocenters. The lowest BCUT2D eigenvalue weighted by atomic mass is 10.3. The van der Waals surface area contributed by atoms with Gasteiger partial charge in [-0.05, 0) is 12.1 Å². The molecule has 2 heterocycles. The van der Waals surface area contributed by atoms with Crippen molar-refractivity contribution in [2.24, 2.45) is 7.05 Å². The molecule has 0 amide bonds. The van der Waals surface area contributed by atoms with Crippen molar-refractivity contribution in [3.05, 3.63) is 48.3 Å². The van der Waals surface area contributed by atoms with Gasteiger partial charge < -0.3 is 14.9 Å². The highest BCUT2D eigenvalue weighted by atomic mass is 15.1. The van der Waals surface area contributed by atoms with E-state index in [2.05, 4.69) is 30.9 Å². The molecule has 5 heteroatoms. The number of para-hydroxylation sites is 2. The quantitative estimate of drug-likeness (QED) is 0.729. The SMILES string of the molecule is Cn1c(CNCc2cnc[nH]2)nc2ccccc21. The standard InChI is InChI=1S/C13H15N5/c1-18-12-5-3-2-4-11(12)17-13(18)8-14-6-10-7-15-9-16-10/h2-5,7,9,14H,6,8H2,1H3,(H,15,16). The van der Waals surface area contributed by atoms with Crippen LogP contribution >= 0.6 is 0 Å². The molecular formula is C13H15N5. The van der Waals surface area contributed by atoms with Gasteiger partial charge in [0.05, 0.1) is 23.9 Å². The largest absolute Gasteiger partial charge is 0.347 e. The van der Waals surface area contributed by atoms with E-state index in [1.54, 1.807) is 6.33 Å². The third kappa shape index (κ3) is 2.00. The number of imidazole rings is 2. The van der Waals surface area contributed by atoms with Gasteiger partial charge in [-0.1, -0.05) is 12.1 Å². The van der Waals surface area contributed by atoms with Crippen molar-refractivity contribution in [3.8, 4) is 0 Å². The normalized spacial score (nSPS) is 11.2. The van der Waals surface area contributed by atoms with Gasteiger partial charge in [0, 0.05) is 25.5 Å². The molecular weight excluding hydrogens is 226 g/mol. The van der Waals surface area contributed by atoms with Gasteiger partial charge in [0.1, 0.15) is 5.82 Å². The number of H-pyrrole nitrogens is 1. The van der Waals surface area contributed by atoms with Crippen molar-refractivity contribution in [2.45, 2.75) is 13.1 Å². The van der Waals surface area contributed by atoms with Gasteiger partial charge in [-0.3, -0.25) is 0 Å². The van der Waals surface area contributed by atoms with E-state index in [1.165, 1.54) is 0 Å². The van der Waals surface area contributed by atoms with Gasteiger partial charge in [0.25, 0.3) is 0 Å². The minimum atomic E-state index is 0.740. The fourth-order valence-corrected chi connectivity index (χ4v) is 2.04. The van der Waals surface area contributed by atoms with Crippen LogP contribution in [0.5, 0.6) is 0 Å². The second-order valence-corrected chi connectivity index (χ2v) is 4.26. The highest BCUT2D eigenvalue weighted by molar-refractivity contribution is 5.75. The molecule has 0 spiro atoms. The molecule has 3 aromatic rings. The number of nitrogens with one attached hydrogen (secondary N) is 2. The number of hydrogen-bond acceptors (Lipinski definition) is 3. The summed E-state index contributed by atoms with van der Waals surface area (Å²) in [6.45, 7) is 1.51. The molecule has 3 rings (SSSR count). The first-order valence-electron chi connectivity index (χ1n) is 5.93. The third-order valence-electron chi connectivity index (χ3n) is 3.03. The zero-order valence-electron chi connectivity index (χ0n) is 10.2. The van der Waals surface area contributed by atoms with E-state index in [-0.39, 0.29) is 0 Å². The van der Waals surface area contributed by atoms with Gasteiger partial charge in [-0.2, -0.15) is 0 Å². The van der Waals surface area contributed by atoms with Crippen molar-refractivity contribution in [1.29, 1.82) is 0 Å². The first-order valence-corrected chi connectivity index (χ1v) is 5.93. The molecule has 0 aliphatic heterocycles. The lowest BCUT2D eigenvalue weighted by Crippen LogP contribution is -2.15. The summed E-state index contributed by atoms with van der Waals surface area (Å²) in [6, 6.07) is 8.16. The summed E-state index contributed by atoms with van der Waals surface area (Å²) in [5.74, 6) is 1.04. The van der Waals surface area contributed by atoms with E-state index in [9.17, 15) is 0 Å². The van der Waals surface area contributed by atoms with Crippen LogP contribution < -0.4 is 5.32 Å². The van der Waals surface area contributed by atoms with Crippen LogP contribution in [0.1, 0.15) is 11.5 Å². The number of nitrogens with zero attached hydrogens (tertiary/aromatic N) is 3. The molecule has 0 fully saturated rings. The second kappa shape index (κ2) is 4.62. The summed E-state index contributed by atoms with van der Waals surface area (Å²) >= 11 is 0. The lowest BCUT2D eigenvalue weighted by molar-refractivity contribution is 0.636. The number of aryl methyl sites for hydroxylation is 1. The molecule has 0 saturated carbocycles. The summed E-state index contributed by atoms with van der Waals surface area (Å²) in [6.07, 6.45) is 3.51. The number of fused-ring (bicyclic) bond motifs is 1. The molecule has 0 atom stereocenters. The summed E-state index contributed by atoms with van der Waals surface area (Å²) in [5.41, 5.74) is 3.28. The Kier molecular flexibility index (Phi) is 2.82. The van der Waals surface area contributed by atoms with Crippen molar-refractivity contribution >= 4 is 11.0 Å². The van der Waals surface area contributed by atoms with E-state index in [0.29, 0.717) is 0 Å². The van der Waals surface area contributed by atoms with Crippen LogP contribution in [0.25, 0.3) is 11.0 Å². The molecule has 0 radical (unpaired) electrons. The molecule has 0 saturated heterocycles. The topological polar surface area (TPSA) is 58.5 Å². The highest BCUT2D eigenvalue weighted by Gasteiger charge is 2.06. The van der Waals surface area contributed by atoms with Crippen LogP contribution in [0.4, 0.5) is 0 Å². The second-order valence-electron chi connectivity index (χ2n) is 4.26. The molecule has 2 aromatic heterocycles. The number of rotatable bonds is 4. The molecule has 2 N–H and O–H groups in total. The van der Waals surface area contributed by atoms with Crippen LogP contribution in [0.15, 0.2) is 36.8 Å². The van der Waals surface area contributed by atoms with Crippen molar-refractivity contribution < 1.29 is 0 Å². The molecule has 0 aliphatic carbocycles. The van der Waals surface area contributed by atoms with E-state index < -0.39 is 0 Å². The van der Waals surface area contributed by atoms with Crippen molar-refractivity contribution in [2.75, 3.05) is 0 Å². The van der Waals surface area contributed by atoms with E-state index in [4.69, 9.17) is 0 Å². The summed E-state index contributed by atoms with van der Waals surface area (Å²) < 4.78 is 2.12. The summed E-state index contributed by atoms with van der Waals surface area (Å²) in [7, 11) is 2.04. The fourth-order valence-electron chi connectivity index (χ4n) is 2.04. The minimum Gasteiger partial charge on any atom is -0.347 e. The Bertz CT molecular complexity index is 639. The van der Waals surface area contributed by atoms with Crippen molar-refractivity contribution in [1.82, 2.24) is 24.8 Å². The Hall–Kier alpha value is -2.14. The summed E-state index contributed by atoms with van der Waals surface area (Å²) in [5, 5.41) is 3.35. The highest BCUT2D eigenvalue weighted by Crippen LogP contribution is 2.13. The van der Waals surface area contributed by atoms with Gasteiger partial charge in [-0.25, -0.2) is 9.97 Å². The predicted molar refractivity (Wildman–Crippen MR) is 69.8 cm³/mol. The monoisotopic (exact) mass is 241 g/mol. The maximum Gasteiger partial charge on any atom is 0.123 e. The smallest absolute Gasteiger partial charge is 0.123 e. The predicted octanol–water partition coefficient (Wildman–Crippen LogP) is 1.59. The zero-order valence-corrected chi connectivity index (χ0v) is 10.2. The Morgan fingerprint density at radius 2 is 2.17 bits per heavy atom. The molecule has 5 nitrogen and oxygen atoms in total. The number of aromatic amines is 1. The van der Waals surface area contributed by atoms with Gasteiger partial charge in [0.15, 0.2) is 0 Å². The Labute approximate surface area is 105 Å². The average molecular weight is 241 g/mol. The van der Waals surface area contributed by atoms with Crippen LogP contribution in [0.3, 0.4) is 0 Å². The molecule has 0 bridgehead atoms. The maximum absolute atomic E-state index is 4.61. The molecule has 0 aliphatic rings. The fraction of sp³-hybridized carbons (Fsp3) is 0.231. The third-order valence-corrected chi connectivity index (χ3v) is 3.03. The van der Waals surface area contributed by atoms with E-state index in [1.807, 2.05) is 31.4 Å². The number of aromatic nitrogens is 4. The number of benzene rings is 1. The van der Waals surface area contributed by atoms with Crippen molar-refractivity contribution in [3.63, 3.8) is 0 Å². The lowest BCUT2D eigenvalue weighted by Gasteiger charge is -2.03.